The number of nitriles is 1. The maximum absolute atomic E-state index is 11.5. The predicted molar refractivity (Wildman–Crippen MR) is 268 cm³/mol. The first kappa shape index (κ1) is 49.1. The van der Waals surface area contributed by atoms with Crippen LogP contribution in [0.1, 0.15) is 59.5 Å². The molecule has 1 saturated heterocycles. The molecule has 346 valence electrons. The van der Waals surface area contributed by atoms with Crippen molar-refractivity contribution in [2.45, 2.75) is 66.1 Å². The Morgan fingerprint density at radius 1 is 0.657 bits per heavy atom. The van der Waals surface area contributed by atoms with E-state index in [1.807, 2.05) is 60.7 Å². The van der Waals surface area contributed by atoms with Crippen molar-refractivity contribution in [3.05, 3.63) is 98.7 Å². The fourth-order valence-corrected chi connectivity index (χ4v) is 12.4. The van der Waals surface area contributed by atoms with Crippen LogP contribution in [0.3, 0.4) is 0 Å². The van der Waals surface area contributed by atoms with Gasteiger partial charge < -0.3 is 30.0 Å². The Bertz CT molecular complexity index is 2950. The van der Waals surface area contributed by atoms with Gasteiger partial charge in [0, 0.05) is 54.5 Å². The summed E-state index contributed by atoms with van der Waals surface area (Å²) in [7, 11) is 0. The number of fused-ring (bicyclic) bond motifs is 5. The molecule has 0 radical (unpaired) electrons. The minimum Gasteiger partial charge on any atom is -0.394 e. The van der Waals surface area contributed by atoms with Crippen LogP contribution in [-0.4, -0.2) is 65.0 Å². The highest BCUT2D eigenvalue weighted by Crippen LogP contribution is 2.46. The van der Waals surface area contributed by atoms with E-state index in [2.05, 4.69) is 33.2 Å². The van der Waals surface area contributed by atoms with Gasteiger partial charge in [0.1, 0.15) is 25.8 Å². The van der Waals surface area contributed by atoms with E-state index < -0.39 is 11.9 Å². The SMILES string of the molecule is CC(=O)Nc1sc2c(c1-c1nc3ccccc3s1)CCOC2.CC(=O)OC(C)=O.N#CCc1nc2ccccc2s1.Nc1sc2c(c1-c1nc3ccccc3s1)CCOC2.O=C1CCOCC1. The first-order chi connectivity index (χ1) is 32.5. The third-order valence-corrected chi connectivity index (χ3v) is 15.2. The summed E-state index contributed by atoms with van der Waals surface area (Å²) in [5.74, 6) is -0.840. The number of ketones is 1. The third kappa shape index (κ3) is 13.2. The minimum absolute atomic E-state index is 0.0538. The van der Waals surface area contributed by atoms with Gasteiger partial charge in [-0.3, -0.25) is 19.2 Å². The summed E-state index contributed by atoms with van der Waals surface area (Å²) >= 11 is 8.22. The molecule has 67 heavy (non-hydrogen) atoms. The molecule has 0 atom stereocenters. The van der Waals surface area contributed by atoms with Gasteiger partial charge in [-0.05, 0) is 60.4 Å². The number of ether oxygens (including phenoxy) is 4. The largest absolute Gasteiger partial charge is 0.394 e. The second kappa shape index (κ2) is 23.8. The average molecular weight is 995 g/mol. The third-order valence-electron chi connectivity index (χ3n) is 9.88. The van der Waals surface area contributed by atoms with Crippen LogP contribution in [-0.2, 0) is 70.6 Å². The zero-order chi connectivity index (χ0) is 47.3. The number of carbonyl (C=O) groups excluding carboxylic acids is 4. The number of hydrogen-bond donors (Lipinski definition) is 2. The number of hydrogen-bond acceptors (Lipinski definition) is 18. The number of rotatable bonds is 4. The van der Waals surface area contributed by atoms with Crippen molar-refractivity contribution in [2.75, 3.05) is 37.5 Å². The van der Waals surface area contributed by atoms with Gasteiger partial charge >= 0.3 is 11.9 Å². The number of thiophene rings is 2. The highest BCUT2D eigenvalue weighted by Gasteiger charge is 2.26. The van der Waals surface area contributed by atoms with Gasteiger partial charge in [-0.15, -0.1) is 56.7 Å². The number of nitrogens with zero attached hydrogens (tertiary/aromatic N) is 4. The number of amides is 1. The van der Waals surface area contributed by atoms with Gasteiger partial charge in [0.2, 0.25) is 5.91 Å². The molecular formula is C48H46N6O8S5. The first-order valence-electron chi connectivity index (χ1n) is 21.2. The Morgan fingerprint density at radius 2 is 1.13 bits per heavy atom. The zero-order valence-corrected chi connectivity index (χ0v) is 41.0. The lowest BCUT2D eigenvalue weighted by Gasteiger charge is -2.12. The van der Waals surface area contributed by atoms with Crippen LogP contribution in [0.15, 0.2) is 72.8 Å². The molecular weight excluding hydrogens is 949 g/mol. The van der Waals surface area contributed by atoms with Crippen molar-refractivity contribution < 1.29 is 38.1 Å². The van der Waals surface area contributed by atoms with E-state index in [0.717, 1.165) is 83.5 Å². The number of benzene rings is 3. The number of esters is 2. The smallest absolute Gasteiger partial charge is 0.310 e. The van der Waals surface area contributed by atoms with Crippen molar-refractivity contribution in [2.24, 2.45) is 0 Å². The van der Waals surface area contributed by atoms with Crippen LogP contribution in [0, 0.1) is 11.3 Å². The Hall–Kier alpha value is -5.82. The van der Waals surface area contributed by atoms with Crippen LogP contribution in [0.5, 0.6) is 0 Å². The molecule has 3 N–H and O–H groups in total. The highest BCUT2D eigenvalue weighted by atomic mass is 32.1. The number of para-hydroxylation sites is 3. The van der Waals surface area contributed by atoms with E-state index in [-0.39, 0.29) is 5.91 Å². The fourth-order valence-electron chi connectivity index (χ4n) is 7.02. The lowest BCUT2D eigenvalue weighted by Crippen LogP contribution is -2.14. The van der Waals surface area contributed by atoms with Crippen LogP contribution < -0.4 is 11.1 Å². The summed E-state index contributed by atoms with van der Waals surface area (Å²) in [6, 6.07) is 26.4. The summed E-state index contributed by atoms with van der Waals surface area (Å²) in [5.41, 5.74) is 14.1. The van der Waals surface area contributed by atoms with Crippen molar-refractivity contribution in [3.8, 4) is 27.2 Å². The standard InChI is InChI=1S/C16H14N2O2S2.C14H12N2OS2.C9H6N2S.C5H8O2.C4H6O3/c1-9(19)17-15-14(10-6-7-20-8-13(10)22-15)16-18-11-4-2-3-5-12(11)21-16;15-13-12(8-5-6-17-7-11(8)18-13)14-16-9-3-1-2-4-10(9)19-14;10-6-5-9-11-7-3-1-2-4-8(7)12-9;6-5-1-3-7-4-2-5;1-3(5)7-4(2)6/h2-5H,6-8H2,1H3,(H,17,19);1-4H,5-7,15H2;1-4H,5H2;1-4H2;1-2H3. The Labute approximate surface area is 406 Å². The molecule has 3 aliphatic heterocycles. The lowest BCUT2D eigenvalue weighted by molar-refractivity contribution is -0.156. The minimum atomic E-state index is -0.562. The number of anilines is 2. The topological polar surface area (TPSA) is 206 Å². The maximum atomic E-state index is 11.5. The summed E-state index contributed by atoms with van der Waals surface area (Å²) in [6.45, 7) is 7.99. The van der Waals surface area contributed by atoms with Crippen LogP contribution in [0.2, 0.25) is 0 Å². The van der Waals surface area contributed by atoms with Gasteiger partial charge in [-0.2, -0.15) is 5.26 Å². The first-order valence-corrected chi connectivity index (χ1v) is 25.2. The molecule has 5 aromatic heterocycles. The molecule has 0 spiro atoms. The zero-order valence-electron chi connectivity index (χ0n) is 36.9. The van der Waals surface area contributed by atoms with Gasteiger partial charge in [0.05, 0.1) is 87.8 Å². The molecule has 0 unspecified atom stereocenters. The number of thiazole rings is 3. The normalized spacial score (nSPS) is 13.7. The summed E-state index contributed by atoms with van der Waals surface area (Å²) in [6.07, 6.45) is 3.48. The van der Waals surface area contributed by atoms with Gasteiger partial charge in [-0.25, -0.2) is 15.0 Å². The summed E-state index contributed by atoms with van der Waals surface area (Å²) < 4.78 is 23.5. The average Bonchev–Trinajstić information content (AvgIpc) is 4.14. The quantitative estimate of drug-likeness (QED) is 0.124. The van der Waals surface area contributed by atoms with Gasteiger partial charge in [0.25, 0.3) is 0 Å². The Morgan fingerprint density at radius 3 is 1.60 bits per heavy atom. The number of Topliss-reactive ketones (excluding diaryl/α,β-unsaturated/α-hetero) is 1. The number of nitrogens with one attached hydrogen (secondary N) is 1. The Kier molecular flexibility index (Phi) is 17.4. The highest BCUT2D eigenvalue weighted by molar-refractivity contribution is 7.23. The predicted octanol–water partition coefficient (Wildman–Crippen LogP) is 10.6. The second-order valence-corrected chi connectivity index (χ2v) is 20.3. The van der Waals surface area contributed by atoms with E-state index in [0.29, 0.717) is 51.5 Å². The molecule has 0 bridgehead atoms. The van der Waals surface area contributed by atoms with Crippen molar-refractivity contribution in [3.63, 3.8) is 0 Å². The molecule has 8 aromatic rings. The lowest BCUT2D eigenvalue weighted by atomic mass is 10.1. The monoisotopic (exact) mass is 994 g/mol. The number of nitrogens with two attached hydrogens (primary N) is 1. The number of carbonyl (C=O) groups is 4. The van der Waals surface area contributed by atoms with Crippen molar-refractivity contribution in [1.82, 2.24) is 15.0 Å². The molecule has 0 saturated carbocycles. The Balaban J connectivity index is 0.000000134. The molecule has 1 fully saturated rings. The molecule has 8 heterocycles. The molecule has 0 aliphatic carbocycles. The van der Waals surface area contributed by atoms with E-state index >= 15 is 0 Å². The summed E-state index contributed by atoms with van der Waals surface area (Å²) in [4.78, 5) is 57.8. The molecule has 11 rings (SSSR count). The second-order valence-electron chi connectivity index (χ2n) is 14.9. The van der Waals surface area contributed by atoms with Crippen molar-refractivity contribution in [1.29, 1.82) is 5.26 Å². The van der Waals surface area contributed by atoms with Crippen LogP contribution in [0.25, 0.3) is 51.8 Å². The number of aromatic nitrogens is 3. The van der Waals surface area contributed by atoms with E-state index in [4.69, 9.17) is 35.2 Å². The number of nitrogen functional groups attached to an aromatic ring is 1. The van der Waals surface area contributed by atoms with Crippen LogP contribution in [0.4, 0.5) is 10.0 Å². The van der Waals surface area contributed by atoms with Gasteiger partial charge in [-0.1, -0.05) is 36.4 Å². The molecule has 3 aromatic carbocycles. The molecule has 1 amide bonds. The fraction of sp³-hybridized carbons (Fsp3) is 0.292. The maximum Gasteiger partial charge on any atom is 0.310 e. The van der Waals surface area contributed by atoms with Crippen molar-refractivity contribution >= 4 is 121 Å². The van der Waals surface area contributed by atoms with Gasteiger partial charge in [0.15, 0.2) is 0 Å². The van der Waals surface area contributed by atoms with E-state index in [9.17, 15) is 19.2 Å². The van der Waals surface area contributed by atoms with E-state index in [1.165, 1.54) is 51.1 Å². The van der Waals surface area contributed by atoms with Crippen LogP contribution >= 0.6 is 56.7 Å². The summed E-state index contributed by atoms with van der Waals surface area (Å²) in [5, 5.41) is 16.1. The van der Waals surface area contributed by atoms with E-state index in [1.54, 1.807) is 56.7 Å². The molecule has 3 aliphatic rings. The molecule has 14 nitrogen and oxygen atoms in total. The molecule has 19 heteroatoms.